The van der Waals surface area contributed by atoms with Crippen LogP contribution >= 0.6 is 11.8 Å². The highest BCUT2D eigenvalue weighted by molar-refractivity contribution is 8.13. The van der Waals surface area contributed by atoms with Crippen LogP contribution in [0, 0.1) is 24.2 Å². The van der Waals surface area contributed by atoms with E-state index in [-0.39, 0.29) is 5.12 Å². The van der Waals surface area contributed by atoms with E-state index in [9.17, 15) is 4.79 Å². The highest BCUT2D eigenvalue weighted by Gasteiger charge is 1.89. The van der Waals surface area contributed by atoms with E-state index in [1.54, 1.807) is 0 Å². The number of hydrogen-bond acceptors (Lipinski definition) is 2. The van der Waals surface area contributed by atoms with Crippen molar-refractivity contribution in [2.24, 2.45) is 0 Å². The molecule has 0 heterocycles. The Morgan fingerprint density at radius 2 is 1.93 bits per heavy atom. The van der Waals surface area contributed by atoms with E-state index in [4.69, 9.17) is 6.42 Å². The van der Waals surface area contributed by atoms with Crippen LogP contribution < -0.4 is 0 Å². The Morgan fingerprint density at radius 3 is 2.47 bits per heavy atom. The molecule has 0 spiro atoms. The number of thioether (sulfide) groups is 1. The lowest BCUT2D eigenvalue weighted by Crippen LogP contribution is -1.82. The zero-order valence-corrected chi connectivity index (χ0v) is 9.23. The summed E-state index contributed by atoms with van der Waals surface area (Å²) in [5.74, 6) is 8.94. The molecule has 0 amide bonds. The fraction of sp³-hybridized carbons (Fsp3) is 0.154. The van der Waals surface area contributed by atoms with Crippen LogP contribution in [0.3, 0.4) is 0 Å². The van der Waals surface area contributed by atoms with Crippen molar-refractivity contribution in [1.29, 1.82) is 0 Å². The lowest BCUT2D eigenvalue weighted by atomic mass is 10.1. The van der Waals surface area contributed by atoms with Crippen molar-refractivity contribution in [1.82, 2.24) is 0 Å². The summed E-state index contributed by atoms with van der Waals surface area (Å²) in [6.07, 6.45) is 5.23. The number of rotatable bonds is 1. The van der Waals surface area contributed by atoms with Gasteiger partial charge in [-0.1, -0.05) is 29.5 Å². The summed E-state index contributed by atoms with van der Waals surface area (Å²) >= 11 is 1.21. The zero-order chi connectivity index (χ0) is 11.1. The molecular formula is C13H10OS. The molecule has 15 heavy (non-hydrogen) atoms. The highest BCUT2D eigenvalue weighted by Crippen LogP contribution is 2.02. The van der Waals surface area contributed by atoms with Gasteiger partial charge < -0.3 is 0 Å². The van der Waals surface area contributed by atoms with Crippen molar-refractivity contribution in [3.8, 4) is 24.2 Å². The average Bonchev–Trinajstić information content (AvgIpc) is 2.25. The van der Waals surface area contributed by atoms with E-state index >= 15 is 0 Å². The van der Waals surface area contributed by atoms with Gasteiger partial charge in [0.2, 0.25) is 0 Å². The van der Waals surface area contributed by atoms with E-state index < -0.39 is 0 Å². The smallest absolute Gasteiger partial charge is 0.186 e. The maximum Gasteiger partial charge on any atom is 0.186 e. The van der Waals surface area contributed by atoms with Crippen molar-refractivity contribution >= 4 is 16.9 Å². The number of carbonyl (C=O) groups is 1. The average molecular weight is 214 g/mol. The van der Waals surface area contributed by atoms with Gasteiger partial charge in [0.1, 0.15) is 0 Å². The quantitative estimate of drug-likeness (QED) is 0.667. The van der Waals surface area contributed by atoms with Crippen LogP contribution in [0.1, 0.15) is 18.1 Å². The predicted molar refractivity (Wildman–Crippen MR) is 64.4 cm³/mol. The molecule has 1 aromatic carbocycles. The van der Waals surface area contributed by atoms with Crippen LogP contribution in [-0.2, 0) is 4.79 Å². The molecule has 0 unspecified atom stereocenters. The summed E-state index contributed by atoms with van der Waals surface area (Å²) in [7, 11) is 0. The molecule has 0 aliphatic rings. The Hall–Kier alpha value is -1.64. The SMILES string of the molecule is C#Cc1ccc(C#CCSC(C)=O)cc1. The number of terminal acetylenes is 1. The Bertz CT molecular complexity index is 440. The second-order valence-corrected chi connectivity index (χ2v) is 3.96. The summed E-state index contributed by atoms with van der Waals surface area (Å²) in [5.41, 5.74) is 1.76. The van der Waals surface area contributed by atoms with E-state index in [1.807, 2.05) is 24.3 Å². The molecule has 0 aliphatic carbocycles. The van der Waals surface area contributed by atoms with Crippen LogP contribution in [0.4, 0.5) is 0 Å². The van der Waals surface area contributed by atoms with Crippen LogP contribution in [0.2, 0.25) is 0 Å². The van der Waals surface area contributed by atoms with E-state index in [0.717, 1.165) is 11.1 Å². The zero-order valence-electron chi connectivity index (χ0n) is 8.41. The molecule has 2 heteroatoms. The lowest BCUT2D eigenvalue weighted by molar-refractivity contribution is -0.109. The lowest BCUT2D eigenvalue weighted by Gasteiger charge is -1.90. The first-order chi connectivity index (χ1) is 7.22. The van der Waals surface area contributed by atoms with Gasteiger partial charge in [-0.2, -0.15) is 0 Å². The van der Waals surface area contributed by atoms with Gasteiger partial charge in [0, 0.05) is 18.1 Å². The molecular weight excluding hydrogens is 204 g/mol. The van der Waals surface area contributed by atoms with Gasteiger partial charge in [-0.3, -0.25) is 4.79 Å². The number of hydrogen-bond donors (Lipinski definition) is 0. The number of benzene rings is 1. The molecule has 0 atom stereocenters. The van der Waals surface area contributed by atoms with E-state index in [2.05, 4.69) is 17.8 Å². The molecule has 0 fully saturated rings. The molecule has 1 rings (SSSR count). The normalized spacial score (nSPS) is 8.53. The molecule has 0 saturated carbocycles. The fourth-order valence-corrected chi connectivity index (χ4v) is 1.27. The van der Waals surface area contributed by atoms with Gasteiger partial charge in [-0.05, 0) is 24.3 Å². The molecule has 0 aliphatic heterocycles. The van der Waals surface area contributed by atoms with Crippen molar-refractivity contribution < 1.29 is 4.79 Å². The maximum absolute atomic E-state index is 10.6. The van der Waals surface area contributed by atoms with Gasteiger partial charge in [0.05, 0.1) is 5.75 Å². The molecule has 0 radical (unpaired) electrons. The van der Waals surface area contributed by atoms with Gasteiger partial charge >= 0.3 is 0 Å². The van der Waals surface area contributed by atoms with Crippen molar-refractivity contribution in [2.45, 2.75) is 6.92 Å². The summed E-state index contributed by atoms with van der Waals surface area (Å²) in [4.78, 5) is 10.6. The van der Waals surface area contributed by atoms with Gasteiger partial charge in [0.25, 0.3) is 0 Å². The molecule has 1 aromatic rings. The third kappa shape index (κ3) is 4.40. The summed E-state index contributed by atoms with van der Waals surface area (Å²) in [6, 6.07) is 7.45. The maximum atomic E-state index is 10.6. The third-order valence-corrected chi connectivity index (χ3v) is 2.33. The third-order valence-electron chi connectivity index (χ3n) is 1.63. The highest BCUT2D eigenvalue weighted by atomic mass is 32.2. The molecule has 0 saturated heterocycles. The standard InChI is InChI=1S/C13H10OS/c1-3-12-6-8-13(9-7-12)5-4-10-15-11(2)14/h1,6-9H,10H2,2H3. The monoisotopic (exact) mass is 214 g/mol. The molecule has 1 nitrogen and oxygen atoms in total. The first kappa shape index (κ1) is 11.4. The molecule has 74 valence electrons. The van der Waals surface area contributed by atoms with Gasteiger partial charge in [-0.15, -0.1) is 6.42 Å². The van der Waals surface area contributed by atoms with E-state index in [0.29, 0.717) is 5.75 Å². The van der Waals surface area contributed by atoms with Crippen LogP contribution in [0.5, 0.6) is 0 Å². The summed E-state index contributed by atoms with van der Waals surface area (Å²) < 4.78 is 0. The topological polar surface area (TPSA) is 17.1 Å². The number of carbonyl (C=O) groups excluding carboxylic acids is 1. The predicted octanol–water partition coefficient (Wildman–Crippen LogP) is 2.30. The van der Waals surface area contributed by atoms with Crippen LogP contribution in [0.15, 0.2) is 24.3 Å². The van der Waals surface area contributed by atoms with Crippen molar-refractivity contribution in [2.75, 3.05) is 5.75 Å². The minimum atomic E-state index is 0.0898. The Morgan fingerprint density at radius 1 is 1.33 bits per heavy atom. The minimum absolute atomic E-state index is 0.0898. The van der Waals surface area contributed by atoms with Crippen molar-refractivity contribution in [3.05, 3.63) is 35.4 Å². The van der Waals surface area contributed by atoms with E-state index in [1.165, 1.54) is 18.7 Å². The first-order valence-electron chi connectivity index (χ1n) is 4.41. The first-order valence-corrected chi connectivity index (χ1v) is 5.40. The minimum Gasteiger partial charge on any atom is -0.288 e. The Balaban J connectivity index is 2.57. The van der Waals surface area contributed by atoms with Crippen LogP contribution in [0.25, 0.3) is 0 Å². The second-order valence-electron chi connectivity index (χ2n) is 2.80. The molecule has 0 aromatic heterocycles. The molecule has 0 N–H and O–H groups in total. The fourth-order valence-electron chi connectivity index (χ4n) is 0.926. The second kappa shape index (κ2) is 5.96. The molecule has 0 bridgehead atoms. The van der Waals surface area contributed by atoms with Crippen molar-refractivity contribution in [3.63, 3.8) is 0 Å². The Kier molecular flexibility index (Phi) is 4.54. The summed E-state index contributed by atoms with van der Waals surface area (Å²) in [6.45, 7) is 1.54. The largest absolute Gasteiger partial charge is 0.288 e. The summed E-state index contributed by atoms with van der Waals surface area (Å²) in [5, 5.41) is 0.0898. The van der Waals surface area contributed by atoms with Gasteiger partial charge in [-0.25, -0.2) is 0 Å². The van der Waals surface area contributed by atoms with Crippen LogP contribution in [-0.4, -0.2) is 10.9 Å². The Labute approximate surface area is 94.3 Å². The van der Waals surface area contributed by atoms with Gasteiger partial charge in [0.15, 0.2) is 5.12 Å².